The predicted molar refractivity (Wildman–Crippen MR) is 80.8 cm³/mol. The Hall–Kier alpha value is -1.75. The topological polar surface area (TPSA) is 44.5 Å². The molecule has 0 atom stereocenters. The van der Waals surface area contributed by atoms with E-state index in [1.54, 1.807) is 24.3 Å². The fraction of sp³-hybridized carbons (Fsp3) is 0.200. The maximum absolute atomic E-state index is 13.0. The van der Waals surface area contributed by atoms with Crippen LogP contribution in [0.1, 0.15) is 13.3 Å². The van der Waals surface area contributed by atoms with Crippen molar-refractivity contribution in [3.8, 4) is 17.2 Å². The van der Waals surface area contributed by atoms with Crippen LogP contribution in [0.3, 0.4) is 0 Å². The van der Waals surface area contributed by atoms with E-state index >= 15 is 0 Å². The molecule has 5 heteroatoms. The van der Waals surface area contributed by atoms with Crippen molar-refractivity contribution >= 4 is 21.6 Å². The Morgan fingerprint density at radius 2 is 1.90 bits per heavy atom. The number of benzene rings is 2. The molecule has 2 N–H and O–H groups in total. The highest BCUT2D eigenvalue weighted by atomic mass is 79.9. The zero-order valence-corrected chi connectivity index (χ0v) is 12.6. The van der Waals surface area contributed by atoms with Gasteiger partial charge in [-0.05, 0) is 52.7 Å². The molecule has 0 spiro atoms. The summed E-state index contributed by atoms with van der Waals surface area (Å²) in [4.78, 5) is 0. The van der Waals surface area contributed by atoms with Crippen molar-refractivity contribution in [1.82, 2.24) is 0 Å². The quantitative estimate of drug-likeness (QED) is 0.799. The maximum atomic E-state index is 13.0. The fourth-order valence-corrected chi connectivity index (χ4v) is 2.06. The zero-order valence-electron chi connectivity index (χ0n) is 11.0. The molecule has 106 valence electrons. The van der Waals surface area contributed by atoms with Crippen LogP contribution in [0.15, 0.2) is 40.9 Å². The fourth-order valence-electron chi connectivity index (χ4n) is 1.63. The van der Waals surface area contributed by atoms with E-state index in [0.29, 0.717) is 34.0 Å². The van der Waals surface area contributed by atoms with Crippen LogP contribution in [0.2, 0.25) is 0 Å². The molecule has 0 aliphatic carbocycles. The molecule has 20 heavy (non-hydrogen) atoms. The number of nitrogen functional groups attached to an aromatic ring is 1. The first-order valence-corrected chi connectivity index (χ1v) is 7.05. The molecule has 2 rings (SSSR count). The smallest absolute Gasteiger partial charge is 0.154 e. The minimum absolute atomic E-state index is 0.336. The van der Waals surface area contributed by atoms with Crippen LogP contribution in [0.5, 0.6) is 17.2 Å². The van der Waals surface area contributed by atoms with Crippen molar-refractivity contribution in [3.63, 3.8) is 0 Å². The van der Waals surface area contributed by atoms with E-state index in [9.17, 15) is 4.39 Å². The minimum Gasteiger partial charge on any atom is -0.491 e. The van der Waals surface area contributed by atoms with Crippen LogP contribution >= 0.6 is 15.9 Å². The van der Waals surface area contributed by atoms with Gasteiger partial charge in [-0.25, -0.2) is 4.39 Å². The van der Waals surface area contributed by atoms with Gasteiger partial charge in [0, 0.05) is 0 Å². The van der Waals surface area contributed by atoms with E-state index in [0.717, 1.165) is 6.42 Å². The van der Waals surface area contributed by atoms with Crippen LogP contribution in [-0.4, -0.2) is 6.61 Å². The number of ether oxygens (including phenoxy) is 2. The molecule has 0 saturated heterocycles. The Morgan fingerprint density at radius 1 is 1.15 bits per heavy atom. The molecule has 0 fully saturated rings. The summed E-state index contributed by atoms with van der Waals surface area (Å²) in [5, 5.41) is 0. The number of halogens is 2. The first-order chi connectivity index (χ1) is 9.61. The number of hydrogen-bond donors (Lipinski definition) is 1. The number of hydrogen-bond acceptors (Lipinski definition) is 3. The van der Waals surface area contributed by atoms with Gasteiger partial charge in [-0.3, -0.25) is 0 Å². The molecular formula is C15H15BrFNO2. The molecule has 0 aliphatic rings. The third kappa shape index (κ3) is 3.42. The summed E-state index contributed by atoms with van der Waals surface area (Å²) >= 11 is 3.25. The van der Waals surface area contributed by atoms with Crippen molar-refractivity contribution in [1.29, 1.82) is 0 Å². The van der Waals surface area contributed by atoms with E-state index < -0.39 is 0 Å². The largest absolute Gasteiger partial charge is 0.491 e. The van der Waals surface area contributed by atoms with Crippen molar-refractivity contribution < 1.29 is 13.9 Å². The summed E-state index contributed by atoms with van der Waals surface area (Å²) < 4.78 is 24.8. The van der Waals surface area contributed by atoms with Gasteiger partial charge in [0.25, 0.3) is 0 Å². The highest BCUT2D eigenvalue weighted by molar-refractivity contribution is 9.10. The molecule has 0 aromatic heterocycles. The second kappa shape index (κ2) is 6.61. The molecule has 3 nitrogen and oxygen atoms in total. The summed E-state index contributed by atoms with van der Waals surface area (Å²) in [6.07, 6.45) is 0.897. The number of para-hydroxylation sites is 1. The Morgan fingerprint density at radius 3 is 2.60 bits per heavy atom. The van der Waals surface area contributed by atoms with Gasteiger partial charge in [0.15, 0.2) is 5.75 Å². The van der Waals surface area contributed by atoms with E-state index in [1.807, 2.05) is 6.92 Å². The monoisotopic (exact) mass is 339 g/mol. The lowest BCUT2D eigenvalue weighted by Gasteiger charge is -2.13. The molecule has 0 amide bonds. The molecule has 0 bridgehead atoms. The van der Waals surface area contributed by atoms with E-state index in [-0.39, 0.29) is 5.82 Å². The Labute approximate surface area is 125 Å². The maximum Gasteiger partial charge on any atom is 0.154 e. The summed E-state index contributed by atoms with van der Waals surface area (Å²) in [6.45, 7) is 2.61. The van der Waals surface area contributed by atoms with Crippen LogP contribution in [0.25, 0.3) is 0 Å². The van der Waals surface area contributed by atoms with Crippen molar-refractivity contribution in [2.45, 2.75) is 13.3 Å². The van der Waals surface area contributed by atoms with Crippen molar-refractivity contribution in [3.05, 3.63) is 46.7 Å². The zero-order chi connectivity index (χ0) is 14.5. The van der Waals surface area contributed by atoms with E-state index in [1.165, 1.54) is 12.1 Å². The normalized spacial score (nSPS) is 10.3. The highest BCUT2D eigenvalue weighted by Gasteiger charge is 2.10. The third-order valence-electron chi connectivity index (χ3n) is 2.60. The Balaban J connectivity index is 2.24. The van der Waals surface area contributed by atoms with Crippen LogP contribution in [0.4, 0.5) is 10.1 Å². The summed E-state index contributed by atoms with van der Waals surface area (Å²) in [7, 11) is 0. The van der Waals surface area contributed by atoms with Gasteiger partial charge in [0.05, 0.1) is 11.1 Å². The van der Waals surface area contributed by atoms with Gasteiger partial charge >= 0.3 is 0 Å². The van der Waals surface area contributed by atoms with Crippen molar-refractivity contribution in [2.24, 2.45) is 0 Å². The number of nitrogens with two attached hydrogens (primary N) is 1. The minimum atomic E-state index is -0.336. The van der Waals surface area contributed by atoms with Crippen LogP contribution in [-0.2, 0) is 0 Å². The molecule has 0 radical (unpaired) electrons. The molecule has 0 aliphatic heterocycles. The molecule has 2 aromatic carbocycles. The Kier molecular flexibility index (Phi) is 4.84. The molecule has 0 saturated carbocycles. The highest BCUT2D eigenvalue weighted by Crippen LogP contribution is 2.37. The molecular weight excluding hydrogens is 325 g/mol. The molecule has 2 aromatic rings. The standard InChI is InChI=1S/C15H15BrFNO2/c1-2-8-19-13-4-3-5-14(15(13)18)20-12-7-6-10(17)9-11(12)16/h3-7,9H,2,8,18H2,1H3. The average Bonchev–Trinajstić information content (AvgIpc) is 2.42. The third-order valence-corrected chi connectivity index (χ3v) is 3.22. The van der Waals surface area contributed by atoms with E-state index in [2.05, 4.69) is 15.9 Å². The lowest BCUT2D eigenvalue weighted by Crippen LogP contribution is -2.00. The van der Waals surface area contributed by atoms with Gasteiger partial charge in [0.1, 0.15) is 23.0 Å². The van der Waals surface area contributed by atoms with E-state index in [4.69, 9.17) is 15.2 Å². The van der Waals surface area contributed by atoms with Gasteiger partial charge in [-0.15, -0.1) is 0 Å². The second-order valence-electron chi connectivity index (χ2n) is 4.19. The summed E-state index contributed by atoms with van der Waals surface area (Å²) in [5.74, 6) is 1.22. The van der Waals surface area contributed by atoms with Gasteiger partial charge < -0.3 is 15.2 Å². The summed E-state index contributed by atoms with van der Waals surface area (Å²) in [5.41, 5.74) is 6.44. The second-order valence-corrected chi connectivity index (χ2v) is 5.05. The van der Waals surface area contributed by atoms with Gasteiger partial charge in [-0.1, -0.05) is 13.0 Å². The van der Waals surface area contributed by atoms with Gasteiger partial charge in [-0.2, -0.15) is 0 Å². The molecule has 0 unspecified atom stereocenters. The van der Waals surface area contributed by atoms with Crippen LogP contribution in [0, 0.1) is 5.82 Å². The SMILES string of the molecule is CCCOc1cccc(Oc2ccc(F)cc2Br)c1N. The predicted octanol–water partition coefficient (Wildman–Crippen LogP) is 4.75. The summed E-state index contributed by atoms with van der Waals surface area (Å²) in [6, 6.07) is 9.53. The number of rotatable bonds is 5. The van der Waals surface area contributed by atoms with Crippen LogP contribution < -0.4 is 15.2 Å². The lowest BCUT2D eigenvalue weighted by atomic mass is 10.2. The van der Waals surface area contributed by atoms with Crippen molar-refractivity contribution in [2.75, 3.05) is 12.3 Å². The molecule has 0 heterocycles. The lowest BCUT2D eigenvalue weighted by molar-refractivity contribution is 0.318. The van der Waals surface area contributed by atoms with Gasteiger partial charge in [0.2, 0.25) is 0 Å². The number of anilines is 1. The first kappa shape index (κ1) is 14.7. The first-order valence-electron chi connectivity index (χ1n) is 6.26. The average molecular weight is 340 g/mol. The Bertz CT molecular complexity index is 604.